The minimum atomic E-state index is -0.351. The molecule has 0 unspecified atom stereocenters. The maximum atomic E-state index is 13.0. The molecule has 2 aromatic rings. The molecule has 1 N–H and O–H groups in total. The van der Waals surface area contributed by atoms with Crippen molar-refractivity contribution in [3.8, 4) is 0 Å². The molecule has 2 aromatic carbocycles. The highest BCUT2D eigenvalue weighted by Gasteiger charge is 2.51. The van der Waals surface area contributed by atoms with E-state index in [0.29, 0.717) is 5.02 Å². The van der Waals surface area contributed by atoms with Crippen LogP contribution < -0.4 is 5.32 Å². The van der Waals surface area contributed by atoms with Crippen molar-refractivity contribution < 1.29 is 9.18 Å². The molecule has 2 aliphatic rings. The SMILES string of the molecule is O=C(NC1CCN(Cc2ccc(F)cc2)CC1)C1(c2ccc(Cl)cc2)CC1. The van der Waals surface area contributed by atoms with Crippen molar-refractivity contribution in [2.24, 2.45) is 0 Å². The second-order valence-electron chi connectivity index (χ2n) is 7.74. The first-order chi connectivity index (χ1) is 13.0. The van der Waals surface area contributed by atoms with Gasteiger partial charge in [0.15, 0.2) is 0 Å². The molecule has 1 aliphatic carbocycles. The number of hydrogen-bond acceptors (Lipinski definition) is 2. The molecule has 5 heteroatoms. The van der Waals surface area contributed by atoms with Gasteiger partial charge < -0.3 is 5.32 Å². The van der Waals surface area contributed by atoms with Crippen molar-refractivity contribution in [1.82, 2.24) is 10.2 Å². The minimum absolute atomic E-state index is 0.154. The molecular weight excluding hydrogens is 363 g/mol. The van der Waals surface area contributed by atoms with Crippen LogP contribution in [0.1, 0.15) is 36.8 Å². The molecule has 1 heterocycles. The van der Waals surface area contributed by atoms with Crippen LogP contribution in [0.3, 0.4) is 0 Å². The third-order valence-corrected chi connectivity index (χ3v) is 6.08. The number of likely N-dealkylation sites (tertiary alicyclic amines) is 1. The molecule has 1 aliphatic heterocycles. The third kappa shape index (κ3) is 4.17. The zero-order valence-corrected chi connectivity index (χ0v) is 16.0. The molecule has 0 aromatic heterocycles. The second kappa shape index (κ2) is 7.61. The van der Waals surface area contributed by atoms with Crippen molar-refractivity contribution in [3.05, 3.63) is 70.5 Å². The summed E-state index contributed by atoms with van der Waals surface area (Å²) in [6.45, 7) is 2.71. The summed E-state index contributed by atoms with van der Waals surface area (Å²) in [4.78, 5) is 15.3. The summed E-state index contributed by atoms with van der Waals surface area (Å²) in [5.74, 6) is -0.0447. The van der Waals surface area contributed by atoms with Gasteiger partial charge in [-0.2, -0.15) is 0 Å². The highest BCUT2D eigenvalue weighted by atomic mass is 35.5. The zero-order valence-electron chi connectivity index (χ0n) is 15.3. The molecule has 2 fully saturated rings. The summed E-state index contributed by atoms with van der Waals surface area (Å²) in [7, 11) is 0. The highest BCUT2D eigenvalue weighted by molar-refractivity contribution is 6.30. The number of amides is 1. The van der Waals surface area contributed by atoms with Gasteiger partial charge in [-0.25, -0.2) is 4.39 Å². The van der Waals surface area contributed by atoms with Crippen LogP contribution in [0.4, 0.5) is 4.39 Å². The number of piperidine rings is 1. The molecule has 0 atom stereocenters. The predicted octanol–water partition coefficient (Wildman–Crippen LogP) is 4.29. The monoisotopic (exact) mass is 386 g/mol. The summed E-state index contributed by atoms with van der Waals surface area (Å²) in [5.41, 5.74) is 1.84. The Morgan fingerprint density at radius 2 is 1.70 bits per heavy atom. The van der Waals surface area contributed by atoms with Gasteiger partial charge >= 0.3 is 0 Å². The fourth-order valence-corrected chi connectivity index (χ4v) is 4.07. The van der Waals surface area contributed by atoms with Gasteiger partial charge in [0, 0.05) is 30.7 Å². The molecule has 0 radical (unpaired) electrons. The molecule has 1 saturated carbocycles. The first kappa shape index (κ1) is 18.5. The quantitative estimate of drug-likeness (QED) is 0.831. The Hall–Kier alpha value is -1.91. The summed E-state index contributed by atoms with van der Waals surface area (Å²) < 4.78 is 13.0. The average Bonchev–Trinajstić information content (AvgIpc) is 3.48. The van der Waals surface area contributed by atoms with E-state index in [9.17, 15) is 9.18 Å². The number of benzene rings is 2. The molecule has 3 nitrogen and oxygen atoms in total. The third-order valence-electron chi connectivity index (χ3n) is 5.82. The lowest BCUT2D eigenvalue weighted by molar-refractivity contribution is -0.124. The van der Waals surface area contributed by atoms with Crippen molar-refractivity contribution in [1.29, 1.82) is 0 Å². The Morgan fingerprint density at radius 1 is 1.07 bits per heavy atom. The number of rotatable bonds is 5. The van der Waals surface area contributed by atoms with Gasteiger partial charge in [-0.05, 0) is 61.1 Å². The number of halogens is 2. The van der Waals surface area contributed by atoms with Crippen molar-refractivity contribution in [2.75, 3.05) is 13.1 Å². The van der Waals surface area contributed by atoms with Gasteiger partial charge in [0.1, 0.15) is 5.82 Å². The fourth-order valence-electron chi connectivity index (χ4n) is 3.95. The van der Waals surface area contributed by atoms with Crippen molar-refractivity contribution in [3.63, 3.8) is 0 Å². The number of hydrogen-bond donors (Lipinski definition) is 1. The van der Waals surface area contributed by atoms with Crippen LogP contribution in [-0.4, -0.2) is 29.9 Å². The zero-order chi connectivity index (χ0) is 18.9. The Kier molecular flexibility index (Phi) is 5.20. The lowest BCUT2D eigenvalue weighted by atomic mass is 9.94. The average molecular weight is 387 g/mol. The summed E-state index contributed by atoms with van der Waals surface area (Å²) in [6, 6.07) is 14.6. The maximum absolute atomic E-state index is 13.0. The molecule has 27 heavy (non-hydrogen) atoms. The minimum Gasteiger partial charge on any atom is -0.353 e. The Balaban J connectivity index is 1.29. The number of carbonyl (C=O) groups excluding carboxylic acids is 1. The van der Waals surface area contributed by atoms with Gasteiger partial charge in [-0.3, -0.25) is 9.69 Å². The van der Waals surface area contributed by atoms with Crippen molar-refractivity contribution >= 4 is 17.5 Å². The van der Waals surface area contributed by atoms with Gasteiger partial charge in [0.05, 0.1) is 5.41 Å². The molecule has 142 valence electrons. The number of carbonyl (C=O) groups is 1. The normalized spacial score (nSPS) is 19.6. The van der Waals surface area contributed by atoms with E-state index in [4.69, 9.17) is 11.6 Å². The van der Waals surface area contributed by atoms with Crippen LogP contribution in [0.2, 0.25) is 5.02 Å². The lowest BCUT2D eigenvalue weighted by Crippen LogP contribution is -2.47. The first-order valence-corrected chi connectivity index (χ1v) is 9.97. The van der Waals surface area contributed by atoms with Crippen LogP contribution in [0.25, 0.3) is 0 Å². The molecular formula is C22H24ClFN2O. The van der Waals surface area contributed by atoms with E-state index in [1.807, 2.05) is 36.4 Å². The second-order valence-corrected chi connectivity index (χ2v) is 8.18. The van der Waals surface area contributed by atoms with Crippen LogP contribution in [0.15, 0.2) is 48.5 Å². The smallest absolute Gasteiger partial charge is 0.230 e. The molecule has 1 amide bonds. The molecule has 0 spiro atoms. The largest absolute Gasteiger partial charge is 0.353 e. The van der Waals surface area contributed by atoms with Crippen LogP contribution >= 0.6 is 11.6 Å². The van der Waals surface area contributed by atoms with E-state index in [0.717, 1.165) is 56.4 Å². The Labute approximate surface area is 164 Å². The molecule has 1 saturated heterocycles. The van der Waals surface area contributed by atoms with Crippen LogP contribution in [-0.2, 0) is 16.8 Å². The fraction of sp³-hybridized carbons (Fsp3) is 0.409. The number of nitrogens with one attached hydrogen (secondary N) is 1. The lowest BCUT2D eigenvalue weighted by Gasteiger charge is -2.33. The van der Waals surface area contributed by atoms with E-state index in [2.05, 4.69) is 10.2 Å². The standard InChI is InChI=1S/C22H24ClFN2O/c23-18-5-3-17(4-6-18)22(11-12-22)21(27)25-20-9-13-26(14-10-20)15-16-1-7-19(24)8-2-16/h1-8,20H,9-15H2,(H,25,27). The van der Waals surface area contributed by atoms with E-state index >= 15 is 0 Å². The molecule has 0 bridgehead atoms. The number of nitrogens with zero attached hydrogens (tertiary/aromatic N) is 1. The summed E-state index contributed by atoms with van der Waals surface area (Å²) in [6.07, 6.45) is 3.71. The topological polar surface area (TPSA) is 32.3 Å². The highest BCUT2D eigenvalue weighted by Crippen LogP contribution is 2.48. The van der Waals surface area contributed by atoms with Gasteiger partial charge in [0.25, 0.3) is 0 Å². The van der Waals surface area contributed by atoms with Crippen LogP contribution in [0, 0.1) is 5.82 Å². The van der Waals surface area contributed by atoms with E-state index in [-0.39, 0.29) is 23.2 Å². The Bertz CT molecular complexity index is 794. The van der Waals surface area contributed by atoms with E-state index < -0.39 is 0 Å². The van der Waals surface area contributed by atoms with E-state index in [1.165, 1.54) is 12.1 Å². The van der Waals surface area contributed by atoms with Gasteiger partial charge in [-0.1, -0.05) is 35.9 Å². The summed E-state index contributed by atoms with van der Waals surface area (Å²) >= 11 is 5.97. The predicted molar refractivity (Wildman–Crippen MR) is 105 cm³/mol. The molecule has 4 rings (SSSR count). The summed E-state index contributed by atoms with van der Waals surface area (Å²) in [5, 5.41) is 3.98. The van der Waals surface area contributed by atoms with Crippen molar-refractivity contribution in [2.45, 2.75) is 43.7 Å². The van der Waals surface area contributed by atoms with E-state index in [1.54, 1.807) is 0 Å². The van der Waals surface area contributed by atoms with Gasteiger partial charge in [-0.15, -0.1) is 0 Å². The maximum Gasteiger partial charge on any atom is 0.230 e. The van der Waals surface area contributed by atoms with Crippen LogP contribution in [0.5, 0.6) is 0 Å². The Morgan fingerprint density at radius 3 is 2.30 bits per heavy atom. The van der Waals surface area contributed by atoms with Gasteiger partial charge in [0.2, 0.25) is 5.91 Å². The first-order valence-electron chi connectivity index (χ1n) is 9.59.